The lowest BCUT2D eigenvalue weighted by Gasteiger charge is -2.07. The third-order valence-electron chi connectivity index (χ3n) is 3.32. The summed E-state index contributed by atoms with van der Waals surface area (Å²) < 4.78 is 5.18. The number of aryl methyl sites for hydroxylation is 1. The van der Waals surface area contributed by atoms with Crippen LogP contribution < -0.4 is 5.32 Å². The number of hydrogen-bond acceptors (Lipinski definition) is 7. The second-order valence-corrected chi connectivity index (χ2v) is 8.02. The highest BCUT2D eigenvalue weighted by Crippen LogP contribution is 2.38. The Bertz CT molecular complexity index is 881. The Labute approximate surface area is 157 Å². The summed E-state index contributed by atoms with van der Waals surface area (Å²) in [6, 6.07) is 3.87. The number of ether oxygens (including phenoxy) is 1. The van der Waals surface area contributed by atoms with Gasteiger partial charge in [0.25, 0.3) is 0 Å². The van der Waals surface area contributed by atoms with Crippen LogP contribution in [0.15, 0.2) is 28.3 Å². The van der Waals surface area contributed by atoms with Crippen molar-refractivity contribution in [2.45, 2.75) is 20.3 Å². The normalized spacial score (nSPS) is 10.6. The summed E-state index contributed by atoms with van der Waals surface area (Å²) in [6.45, 7) is 3.94. The molecule has 8 heteroatoms. The Morgan fingerprint density at radius 3 is 2.72 bits per heavy atom. The number of carbonyl (C=O) groups is 2. The predicted molar refractivity (Wildman–Crippen MR) is 103 cm³/mol. The fraction of sp³-hybridized carbons (Fsp3) is 0.235. The molecule has 130 valence electrons. The second kappa shape index (κ2) is 7.90. The van der Waals surface area contributed by atoms with Gasteiger partial charge in [0.2, 0.25) is 5.91 Å². The molecule has 5 nitrogen and oxygen atoms in total. The van der Waals surface area contributed by atoms with Crippen LogP contribution in [-0.4, -0.2) is 23.5 Å². The molecule has 0 spiro atoms. The van der Waals surface area contributed by atoms with Gasteiger partial charge in [-0.05, 0) is 25.3 Å². The second-order valence-electron chi connectivity index (χ2n) is 5.13. The molecule has 1 N–H and O–H groups in total. The third-order valence-corrected chi connectivity index (χ3v) is 5.94. The number of esters is 1. The maximum Gasteiger partial charge on any atom is 0.341 e. The maximum absolute atomic E-state index is 12.4. The van der Waals surface area contributed by atoms with Crippen LogP contribution in [0.25, 0.3) is 10.4 Å². The van der Waals surface area contributed by atoms with Gasteiger partial charge in [-0.15, -0.1) is 34.0 Å². The van der Waals surface area contributed by atoms with Gasteiger partial charge in [-0.2, -0.15) is 0 Å². The summed E-state index contributed by atoms with van der Waals surface area (Å²) in [6.07, 6.45) is 0.179. The first kappa shape index (κ1) is 17.8. The van der Waals surface area contributed by atoms with Crippen LogP contribution in [0.3, 0.4) is 0 Å². The molecule has 0 fully saturated rings. The third kappa shape index (κ3) is 4.15. The SMILES string of the molecule is CCOC(=O)c1c(-c2cccs2)csc1NC(=O)Cc1csc(C)n1. The van der Waals surface area contributed by atoms with Gasteiger partial charge >= 0.3 is 5.97 Å². The molecule has 3 heterocycles. The average molecular weight is 393 g/mol. The van der Waals surface area contributed by atoms with Gasteiger partial charge in [0.05, 0.1) is 23.7 Å². The lowest BCUT2D eigenvalue weighted by molar-refractivity contribution is -0.115. The lowest BCUT2D eigenvalue weighted by atomic mass is 10.1. The van der Waals surface area contributed by atoms with E-state index in [0.717, 1.165) is 21.1 Å². The molecule has 0 unspecified atom stereocenters. The highest BCUT2D eigenvalue weighted by molar-refractivity contribution is 7.17. The molecule has 1 amide bonds. The quantitative estimate of drug-likeness (QED) is 0.623. The number of thiophene rings is 2. The molecule has 0 aromatic carbocycles. The Hall–Kier alpha value is -2.03. The molecule has 0 saturated heterocycles. The Balaban J connectivity index is 1.85. The Morgan fingerprint density at radius 2 is 2.08 bits per heavy atom. The van der Waals surface area contributed by atoms with Crippen LogP contribution >= 0.6 is 34.0 Å². The number of amides is 1. The van der Waals surface area contributed by atoms with Crippen molar-refractivity contribution in [3.63, 3.8) is 0 Å². The van der Waals surface area contributed by atoms with Gasteiger partial charge in [0.15, 0.2) is 0 Å². The topological polar surface area (TPSA) is 68.3 Å². The zero-order chi connectivity index (χ0) is 17.8. The number of nitrogens with zero attached hydrogens (tertiary/aromatic N) is 1. The zero-order valence-corrected chi connectivity index (χ0v) is 16.1. The summed E-state index contributed by atoms with van der Waals surface area (Å²) in [5, 5.41) is 9.97. The molecule has 0 aliphatic heterocycles. The van der Waals surface area contributed by atoms with E-state index in [1.54, 1.807) is 18.3 Å². The van der Waals surface area contributed by atoms with Crippen LogP contribution in [0.4, 0.5) is 5.00 Å². The molecule has 0 atom stereocenters. The van der Waals surface area contributed by atoms with Crippen LogP contribution in [0.1, 0.15) is 28.0 Å². The molecular weight excluding hydrogens is 376 g/mol. The van der Waals surface area contributed by atoms with Crippen LogP contribution in [0, 0.1) is 6.92 Å². The van der Waals surface area contributed by atoms with Gasteiger partial charge < -0.3 is 10.1 Å². The number of nitrogens with one attached hydrogen (secondary N) is 1. The van der Waals surface area contributed by atoms with Gasteiger partial charge in [-0.25, -0.2) is 9.78 Å². The van der Waals surface area contributed by atoms with E-state index in [9.17, 15) is 9.59 Å². The first-order valence-electron chi connectivity index (χ1n) is 7.61. The number of carbonyl (C=O) groups excluding carboxylic acids is 2. The molecule has 3 aromatic heterocycles. The minimum Gasteiger partial charge on any atom is -0.462 e. The van der Waals surface area contributed by atoms with Crippen LogP contribution in [0.5, 0.6) is 0 Å². The molecule has 3 rings (SSSR count). The first-order chi connectivity index (χ1) is 12.1. The molecule has 0 saturated carbocycles. The molecule has 0 bridgehead atoms. The monoisotopic (exact) mass is 392 g/mol. The Morgan fingerprint density at radius 1 is 1.24 bits per heavy atom. The maximum atomic E-state index is 12.4. The van der Waals surface area contributed by atoms with Crippen molar-refractivity contribution in [3.05, 3.63) is 44.5 Å². The average Bonchev–Trinajstić information content (AvgIpc) is 3.28. The highest BCUT2D eigenvalue weighted by atomic mass is 32.1. The Kier molecular flexibility index (Phi) is 5.62. The van der Waals surface area contributed by atoms with E-state index in [1.165, 1.54) is 22.7 Å². The minimum absolute atomic E-state index is 0.179. The van der Waals surface area contributed by atoms with Gasteiger partial charge in [0.1, 0.15) is 10.6 Å². The summed E-state index contributed by atoms with van der Waals surface area (Å²) in [7, 11) is 0. The van der Waals surface area contributed by atoms with Crippen molar-refractivity contribution < 1.29 is 14.3 Å². The van der Waals surface area contributed by atoms with E-state index in [2.05, 4.69) is 10.3 Å². The van der Waals surface area contributed by atoms with Gasteiger partial charge in [-0.1, -0.05) is 6.07 Å². The van der Waals surface area contributed by atoms with E-state index >= 15 is 0 Å². The minimum atomic E-state index is -0.424. The molecule has 0 aliphatic carbocycles. The van der Waals surface area contributed by atoms with Gasteiger partial charge in [-0.3, -0.25) is 4.79 Å². The number of hydrogen-bond donors (Lipinski definition) is 1. The summed E-state index contributed by atoms with van der Waals surface area (Å²) in [5.74, 6) is -0.623. The van der Waals surface area contributed by atoms with Crippen molar-refractivity contribution in [1.29, 1.82) is 0 Å². The molecule has 25 heavy (non-hydrogen) atoms. The highest BCUT2D eigenvalue weighted by Gasteiger charge is 2.23. The van der Waals surface area contributed by atoms with Crippen molar-refractivity contribution in [2.24, 2.45) is 0 Å². The lowest BCUT2D eigenvalue weighted by Crippen LogP contribution is -2.16. The molecule has 0 radical (unpaired) electrons. The fourth-order valence-electron chi connectivity index (χ4n) is 2.29. The number of rotatable bonds is 6. The summed E-state index contributed by atoms with van der Waals surface area (Å²) >= 11 is 4.38. The van der Waals surface area contributed by atoms with Crippen molar-refractivity contribution in [3.8, 4) is 10.4 Å². The summed E-state index contributed by atoms with van der Waals surface area (Å²) in [4.78, 5) is 30.0. The smallest absolute Gasteiger partial charge is 0.341 e. The predicted octanol–water partition coefficient (Wildman–Crippen LogP) is 4.60. The number of anilines is 1. The van der Waals surface area contributed by atoms with Gasteiger partial charge in [0, 0.05) is 21.2 Å². The van der Waals surface area contributed by atoms with Crippen molar-refractivity contribution >= 4 is 50.9 Å². The van der Waals surface area contributed by atoms with Crippen LogP contribution in [-0.2, 0) is 16.0 Å². The standard InChI is InChI=1S/C17H16N2O3S3/c1-3-22-17(21)15-12(13-5-4-6-23-13)9-25-16(15)19-14(20)7-11-8-24-10(2)18-11/h4-6,8-9H,3,7H2,1-2H3,(H,19,20). The number of thiazole rings is 1. The molecular formula is C17H16N2O3S3. The van der Waals surface area contributed by atoms with E-state index in [4.69, 9.17) is 4.74 Å². The van der Waals surface area contributed by atoms with Crippen molar-refractivity contribution in [2.75, 3.05) is 11.9 Å². The van der Waals surface area contributed by atoms with E-state index < -0.39 is 5.97 Å². The number of aromatic nitrogens is 1. The van der Waals surface area contributed by atoms with E-state index in [0.29, 0.717) is 10.6 Å². The summed E-state index contributed by atoms with van der Waals surface area (Å²) in [5.41, 5.74) is 1.93. The van der Waals surface area contributed by atoms with Crippen molar-refractivity contribution in [1.82, 2.24) is 4.98 Å². The molecule has 3 aromatic rings. The van der Waals surface area contributed by atoms with E-state index in [1.807, 2.05) is 35.2 Å². The van der Waals surface area contributed by atoms with Crippen LogP contribution in [0.2, 0.25) is 0 Å². The largest absolute Gasteiger partial charge is 0.462 e. The zero-order valence-electron chi connectivity index (χ0n) is 13.7. The molecule has 0 aliphatic rings. The first-order valence-corrected chi connectivity index (χ1v) is 10.3. The fourth-order valence-corrected chi connectivity index (χ4v) is 4.69. The van der Waals surface area contributed by atoms with E-state index in [-0.39, 0.29) is 18.9 Å².